The molecule has 15 heteroatoms. The lowest BCUT2D eigenvalue weighted by Gasteiger charge is -2.36. The van der Waals surface area contributed by atoms with Crippen LogP contribution in [0.4, 0.5) is 5.69 Å². The van der Waals surface area contributed by atoms with Crippen LogP contribution in [0.3, 0.4) is 0 Å². The van der Waals surface area contributed by atoms with Gasteiger partial charge in [-0.05, 0) is 22.6 Å². The number of tetrazole rings is 1. The van der Waals surface area contributed by atoms with E-state index in [2.05, 4.69) is 25.9 Å². The number of hydrogen-bond donors (Lipinski definition) is 5. The molecule has 2 atom stereocenters. The molecule has 1 aromatic heterocycles. The molecule has 2 aliphatic rings. The third kappa shape index (κ3) is 3.67. The number of aromatic amines is 1. The molecule has 2 saturated heterocycles. The Morgan fingerprint density at radius 3 is 2.27 bits per heavy atom. The number of piperidine rings is 1. The molecule has 30 heavy (non-hydrogen) atoms. The van der Waals surface area contributed by atoms with Crippen LogP contribution < -0.4 is 15.4 Å². The first-order valence-corrected chi connectivity index (χ1v) is 12.2. The lowest BCUT2D eigenvalue weighted by molar-refractivity contribution is 0.0651. The molecular formula is C15H21N7O6S2. The second kappa shape index (κ2) is 7.51. The highest BCUT2D eigenvalue weighted by molar-refractivity contribution is 7.94. The third-order valence-electron chi connectivity index (χ3n) is 5.20. The number of hydrogen-bond acceptors (Lipinski definition) is 11. The smallest absolute Gasteiger partial charge is 0.240 e. The molecule has 0 spiro atoms. The summed E-state index contributed by atoms with van der Waals surface area (Å²) in [7, 11) is -8.57. The van der Waals surface area contributed by atoms with Crippen LogP contribution in [0.5, 0.6) is 0 Å². The highest BCUT2D eigenvalue weighted by atomic mass is 32.2. The SMILES string of the molecule is NS(=O)(=O)c1c(S(=O)(=O)C2CNC2)ccc(N2C[C@H](O)C[C@@H](O)C2)c1-c1nnn[nH]1. The van der Waals surface area contributed by atoms with E-state index in [1.165, 1.54) is 12.1 Å². The number of sulfonamides is 1. The van der Waals surface area contributed by atoms with Gasteiger partial charge in [-0.1, -0.05) is 0 Å². The molecular weight excluding hydrogens is 438 g/mol. The Kier molecular flexibility index (Phi) is 5.27. The van der Waals surface area contributed by atoms with E-state index in [0.29, 0.717) is 0 Å². The zero-order chi connectivity index (χ0) is 21.7. The van der Waals surface area contributed by atoms with E-state index < -0.39 is 47.1 Å². The summed E-state index contributed by atoms with van der Waals surface area (Å²) in [5.41, 5.74) is 0.0956. The number of sulfone groups is 1. The van der Waals surface area contributed by atoms with Crippen LogP contribution in [-0.4, -0.2) is 91.3 Å². The molecule has 164 valence electrons. The molecule has 0 saturated carbocycles. The van der Waals surface area contributed by atoms with Gasteiger partial charge in [-0.3, -0.25) is 0 Å². The van der Waals surface area contributed by atoms with Crippen molar-refractivity contribution in [3.05, 3.63) is 12.1 Å². The van der Waals surface area contributed by atoms with Gasteiger partial charge in [-0.15, -0.1) is 5.10 Å². The Labute approximate surface area is 172 Å². The first-order chi connectivity index (χ1) is 14.1. The van der Waals surface area contributed by atoms with Crippen molar-refractivity contribution < 1.29 is 27.0 Å². The molecule has 2 aliphatic heterocycles. The Balaban J connectivity index is 1.99. The minimum absolute atomic E-state index is 0.0916. The van der Waals surface area contributed by atoms with E-state index in [1.54, 1.807) is 4.90 Å². The number of H-pyrrole nitrogens is 1. The predicted octanol–water partition coefficient (Wildman–Crippen LogP) is -2.81. The summed E-state index contributed by atoms with van der Waals surface area (Å²) in [6.45, 7) is 0.568. The molecule has 0 amide bonds. The molecule has 1 aromatic carbocycles. The van der Waals surface area contributed by atoms with Crippen LogP contribution in [0.15, 0.2) is 21.9 Å². The summed E-state index contributed by atoms with van der Waals surface area (Å²) in [5, 5.41) is 40.8. The quantitative estimate of drug-likeness (QED) is 0.308. The van der Waals surface area contributed by atoms with Crippen LogP contribution in [0, 0.1) is 0 Å². The normalized spacial score (nSPS) is 23.4. The van der Waals surface area contributed by atoms with Crippen LogP contribution in [0.2, 0.25) is 0 Å². The van der Waals surface area contributed by atoms with E-state index in [4.69, 9.17) is 5.14 Å². The Morgan fingerprint density at radius 1 is 1.10 bits per heavy atom. The molecule has 0 bridgehead atoms. The number of aliphatic hydroxyl groups is 2. The molecule has 0 unspecified atom stereocenters. The van der Waals surface area contributed by atoms with Crippen molar-refractivity contribution in [3.63, 3.8) is 0 Å². The number of nitrogens with zero attached hydrogens (tertiary/aromatic N) is 4. The van der Waals surface area contributed by atoms with Gasteiger partial charge in [0.15, 0.2) is 15.7 Å². The van der Waals surface area contributed by atoms with Gasteiger partial charge in [0.05, 0.1) is 27.9 Å². The Hall–Kier alpha value is -2.17. The van der Waals surface area contributed by atoms with Crippen molar-refractivity contribution >= 4 is 25.5 Å². The summed E-state index contributed by atoms with van der Waals surface area (Å²) in [6.07, 6.45) is -1.56. The van der Waals surface area contributed by atoms with Crippen molar-refractivity contribution in [2.75, 3.05) is 31.1 Å². The largest absolute Gasteiger partial charge is 0.391 e. The van der Waals surface area contributed by atoms with Crippen molar-refractivity contribution in [2.24, 2.45) is 5.14 Å². The van der Waals surface area contributed by atoms with Gasteiger partial charge < -0.3 is 20.4 Å². The standard InChI is InChI=1S/C15H21N7O6S2/c16-30(27,28)14-12(29(25,26)10-4-17-5-10)2-1-11(13(14)15-18-20-21-19-15)22-6-8(23)3-9(24)7-22/h1-2,8-10,17,23-24H,3-7H2,(H2,16,27,28)(H,18,19,20,21)/t8-,9-/m1/s1. The van der Waals surface area contributed by atoms with Gasteiger partial charge in [0, 0.05) is 38.3 Å². The highest BCUT2D eigenvalue weighted by Crippen LogP contribution is 2.40. The van der Waals surface area contributed by atoms with E-state index in [0.717, 1.165) is 0 Å². The fraction of sp³-hybridized carbons (Fsp3) is 0.533. The topological polar surface area (TPSA) is 204 Å². The van der Waals surface area contributed by atoms with Crippen molar-refractivity contribution in [2.45, 2.75) is 33.7 Å². The van der Waals surface area contributed by atoms with Gasteiger partial charge in [-0.25, -0.2) is 27.1 Å². The van der Waals surface area contributed by atoms with Gasteiger partial charge in [-0.2, -0.15) is 0 Å². The van der Waals surface area contributed by atoms with Gasteiger partial charge in [0.2, 0.25) is 10.0 Å². The number of aromatic nitrogens is 4. The fourth-order valence-corrected chi connectivity index (χ4v) is 6.90. The van der Waals surface area contributed by atoms with Gasteiger partial charge in [0.1, 0.15) is 4.90 Å². The number of anilines is 1. The number of primary sulfonamides is 1. The van der Waals surface area contributed by atoms with E-state index >= 15 is 0 Å². The lowest BCUT2D eigenvalue weighted by Crippen LogP contribution is -2.51. The average molecular weight is 460 g/mol. The van der Waals surface area contributed by atoms with Gasteiger partial charge in [0.25, 0.3) is 0 Å². The number of nitrogens with one attached hydrogen (secondary N) is 2. The van der Waals surface area contributed by atoms with Crippen molar-refractivity contribution in [3.8, 4) is 11.4 Å². The summed E-state index contributed by atoms with van der Waals surface area (Å²) >= 11 is 0. The maximum atomic E-state index is 13.1. The minimum Gasteiger partial charge on any atom is -0.391 e. The molecule has 0 aliphatic carbocycles. The number of benzene rings is 1. The minimum atomic E-state index is -4.55. The van der Waals surface area contributed by atoms with Crippen molar-refractivity contribution in [1.82, 2.24) is 25.9 Å². The van der Waals surface area contributed by atoms with Crippen LogP contribution in [0.1, 0.15) is 6.42 Å². The second-order valence-electron chi connectivity index (χ2n) is 7.36. The predicted molar refractivity (Wildman–Crippen MR) is 104 cm³/mol. The molecule has 0 radical (unpaired) electrons. The Bertz CT molecular complexity index is 1140. The fourth-order valence-electron chi connectivity index (χ4n) is 3.72. The zero-order valence-corrected chi connectivity index (χ0v) is 17.3. The van der Waals surface area contributed by atoms with Crippen LogP contribution in [-0.2, 0) is 19.9 Å². The average Bonchev–Trinajstić information content (AvgIpc) is 3.11. The summed E-state index contributed by atoms with van der Waals surface area (Å²) < 4.78 is 51.4. The summed E-state index contributed by atoms with van der Waals surface area (Å²) in [4.78, 5) is 0.483. The first-order valence-electron chi connectivity index (χ1n) is 9.08. The maximum absolute atomic E-state index is 13.1. The zero-order valence-electron chi connectivity index (χ0n) is 15.6. The van der Waals surface area contributed by atoms with Crippen molar-refractivity contribution in [1.29, 1.82) is 0 Å². The number of rotatable bonds is 5. The third-order valence-corrected chi connectivity index (χ3v) is 8.49. The first kappa shape index (κ1) is 21.1. The molecule has 2 fully saturated rings. The van der Waals surface area contributed by atoms with E-state index in [1.807, 2.05) is 0 Å². The molecule has 3 heterocycles. The van der Waals surface area contributed by atoms with E-state index in [9.17, 15) is 27.0 Å². The summed E-state index contributed by atoms with van der Waals surface area (Å²) in [6, 6.07) is 2.60. The van der Waals surface area contributed by atoms with E-state index in [-0.39, 0.29) is 49.7 Å². The van der Waals surface area contributed by atoms with Crippen LogP contribution in [0.25, 0.3) is 11.4 Å². The van der Waals surface area contributed by atoms with Gasteiger partial charge >= 0.3 is 0 Å². The second-order valence-corrected chi connectivity index (χ2v) is 11.1. The molecule has 4 rings (SSSR count). The number of nitrogens with two attached hydrogens (primary N) is 1. The Morgan fingerprint density at radius 2 is 1.77 bits per heavy atom. The summed E-state index contributed by atoms with van der Waals surface area (Å²) in [5.74, 6) is -0.104. The number of aliphatic hydroxyl groups excluding tert-OH is 2. The number of β-amino-alcohol motifs (C(OH)–C–C–N with tert-alkyl or cyclic N) is 2. The highest BCUT2D eigenvalue weighted by Gasteiger charge is 2.39. The maximum Gasteiger partial charge on any atom is 0.240 e. The molecule has 13 nitrogen and oxygen atoms in total. The lowest BCUT2D eigenvalue weighted by atomic mass is 10.0. The molecule has 6 N–H and O–H groups in total. The van der Waals surface area contributed by atoms with Crippen LogP contribution >= 0.6 is 0 Å². The molecule has 2 aromatic rings. The monoisotopic (exact) mass is 459 g/mol.